The SMILES string of the molecule is CN(c1ccc2c(n1)OCc1cc(-c3cnn(PI)c3)ccc1-2)C1CC(C)(C)NC(C)(C)C1. The Hall–Kier alpha value is -1.70. The fraction of sp³-hybridized carbons (Fsp3) is 0.440. The molecule has 3 aromatic rings. The van der Waals surface area contributed by atoms with E-state index in [4.69, 9.17) is 9.72 Å². The predicted molar refractivity (Wildman–Crippen MR) is 146 cm³/mol. The van der Waals surface area contributed by atoms with Gasteiger partial charge in [0.05, 0.1) is 12.6 Å². The van der Waals surface area contributed by atoms with Crippen LogP contribution in [0.4, 0.5) is 5.82 Å². The number of hydrogen-bond donors (Lipinski definition) is 1. The number of halogens is 1. The molecule has 2 aromatic heterocycles. The van der Waals surface area contributed by atoms with Crippen LogP contribution >= 0.6 is 28.4 Å². The molecule has 0 bridgehead atoms. The molecule has 0 saturated carbocycles. The molecule has 2 aliphatic heterocycles. The van der Waals surface area contributed by atoms with E-state index in [0.29, 0.717) is 19.0 Å². The van der Waals surface area contributed by atoms with Gasteiger partial charge in [-0.15, -0.1) is 0 Å². The molecule has 1 fully saturated rings. The van der Waals surface area contributed by atoms with Crippen LogP contribution in [0.1, 0.15) is 46.1 Å². The number of anilines is 1. The van der Waals surface area contributed by atoms with Gasteiger partial charge in [0, 0.05) is 41.5 Å². The van der Waals surface area contributed by atoms with Gasteiger partial charge in [-0.2, -0.15) is 10.1 Å². The molecule has 0 aliphatic carbocycles. The molecule has 4 heterocycles. The molecular weight excluding hydrogens is 544 g/mol. The standard InChI is InChI=1S/C25H31IN5OP/c1-24(2)11-19(12-25(3,4)29-24)30(5)22-9-8-21-20-7-6-16(18-13-27-31(14-18)33-26)10-17(20)15-32-23(21)28-22/h6-10,13-14,19,29,33H,11-12,15H2,1-5H3. The summed E-state index contributed by atoms with van der Waals surface area (Å²) in [5.74, 6) is 1.70. The fourth-order valence-electron chi connectivity index (χ4n) is 5.49. The molecule has 1 atom stereocenters. The molecule has 5 rings (SSSR count). The van der Waals surface area contributed by atoms with Gasteiger partial charge in [-0.1, -0.05) is 12.1 Å². The monoisotopic (exact) mass is 575 g/mol. The van der Waals surface area contributed by atoms with Crippen LogP contribution in [-0.2, 0) is 6.61 Å². The van der Waals surface area contributed by atoms with E-state index in [1.165, 1.54) is 16.7 Å². The quantitative estimate of drug-likeness (QED) is 0.304. The number of piperidine rings is 1. The Labute approximate surface area is 210 Å². The van der Waals surface area contributed by atoms with Crippen molar-refractivity contribution >= 4 is 34.2 Å². The van der Waals surface area contributed by atoms with Crippen molar-refractivity contribution in [3.63, 3.8) is 0 Å². The van der Waals surface area contributed by atoms with Crippen molar-refractivity contribution < 1.29 is 4.74 Å². The lowest BCUT2D eigenvalue weighted by atomic mass is 9.79. The number of fused-ring (bicyclic) bond motifs is 3. The maximum Gasteiger partial charge on any atom is 0.223 e. The van der Waals surface area contributed by atoms with Crippen LogP contribution in [-0.4, -0.2) is 38.7 Å². The van der Waals surface area contributed by atoms with Gasteiger partial charge in [0.25, 0.3) is 0 Å². The van der Waals surface area contributed by atoms with Crippen LogP contribution in [0.5, 0.6) is 5.88 Å². The van der Waals surface area contributed by atoms with E-state index in [1.807, 2.05) is 10.6 Å². The van der Waals surface area contributed by atoms with Gasteiger partial charge in [0.15, 0.2) is 0 Å². The third-order valence-electron chi connectivity index (χ3n) is 6.69. The fourth-order valence-corrected chi connectivity index (χ4v) is 6.57. The van der Waals surface area contributed by atoms with Crippen LogP contribution in [0.2, 0.25) is 0 Å². The van der Waals surface area contributed by atoms with Crippen molar-refractivity contribution in [3.8, 4) is 28.1 Å². The first-order valence-electron chi connectivity index (χ1n) is 11.4. The molecule has 8 heteroatoms. The zero-order valence-electron chi connectivity index (χ0n) is 19.8. The van der Waals surface area contributed by atoms with Gasteiger partial charge in [-0.25, -0.2) is 4.45 Å². The second kappa shape index (κ2) is 8.51. The van der Waals surface area contributed by atoms with Crippen LogP contribution < -0.4 is 15.0 Å². The minimum atomic E-state index is 0.0929. The van der Waals surface area contributed by atoms with E-state index in [9.17, 15) is 0 Å². The van der Waals surface area contributed by atoms with Gasteiger partial charge in [0.2, 0.25) is 5.88 Å². The second-order valence-corrected chi connectivity index (χ2v) is 12.6. The Balaban J connectivity index is 1.41. The van der Waals surface area contributed by atoms with Crippen molar-refractivity contribution in [1.29, 1.82) is 0 Å². The van der Waals surface area contributed by atoms with E-state index in [0.717, 1.165) is 35.7 Å². The highest BCUT2D eigenvalue weighted by molar-refractivity contribution is 14.2. The highest BCUT2D eigenvalue weighted by Crippen LogP contribution is 2.40. The van der Waals surface area contributed by atoms with Gasteiger partial charge in [0.1, 0.15) is 12.4 Å². The molecule has 0 spiro atoms. The molecule has 2 aliphatic rings. The first-order valence-corrected chi connectivity index (χ1v) is 15.4. The highest BCUT2D eigenvalue weighted by Gasteiger charge is 2.39. The summed E-state index contributed by atoms with van der Waals surface area (Å²) < 4.78 is 8.12. The van der Waals surface area contributed by atoms with E-state index < -0.39 is 0 Å². The third-order valence-corrected chi connectivity index (χ3v) is 8.59. The lowest BCUT2D eigenvalue weighted by Crippen LogP contribution is -2.62. The summed E-state index contributed by atoms with van der Waals surface area (Å²) in [6.45, 7) is 9.69. The van der Waals surface area contributed by atoms with E-state index >= 15 is 0 Å². The first kappa shape index (κ1) is 23.1. The normalized spacial score (nSPS) is 19.2. The Bertz CT molecular complexity index is 1180. The molecule has 174 valence electrons. The summed E-state index contributed by atoms with van der Waals surface area (Å²) in [5, 5.41) is 8.19. The molecule has 1 unspecified atom stereocenters. The number of ether oxygens (including phenoxy) is 1. The number of aromatic nitrogens is 3. The van der Waals surface area contributed by atoms with Crippen molar-refractivity contribution in [2.24, 2.45) is 0 Å². The van der Waals surface area contributed by atoms with Gasteiger partial charge >= 0.3 is 0 Å². The zero-order chi connectivity index (χ0) is 23.4. The summed E-state index contributed by atoms with van der Waals surface area (Å²) in [7, 11) is 2.16. The molecule has 0 amide bonds. The number of nitrogens with zero attached hydrogens (tertiary/aromatic N) is 4. The number of hydrogen-bond acceptors (Lipinski definition) is 5. The summed E-state index contributed by atoms with van der Waals surface area (Å²) in [6.07, 6.45) is 6.78. The molecule has 33 heavy (non-hydrogen) atoms. The lowest BCUT2D eigenvalue weighted by molar-refractivity contribution is 0.160. The van der Waals surface area contributed by atoms with E-state index in [-0.39, 0.29) is 11.1 Å². The Morgan fingerprint density at radius 2 is 1.82 bits per heavy atom. The van der Waals surface area contributed by atoms with Crippen LogP contribution in [0, 0.1) is 0 Å². The van der Waals surface area contributed by atoms with Crippen LogP contribution in [0.15, 0.2) is 42.7 Å². The molecule has 6 nitrogen and oxygen atoms in total. The van der Waals surface area contributed by atoms with Crippen molar-refractivity contribution in [2.75, 3.05) is 11.9 Å². The maximum absolute atomic E-state index is 6.16. The summed E-state index contributed by atoms with van der Waals surface area (Å²) in [4.78, 5) is 7.28. The average molecular weight is 575 g/mol. The largest absolute Gasteiger partial charge is 0.472 e. The first-order chi connectivity index (χ1) is 15.6. The number of benzene rings is 1. The second-order valence-electron chi connectivity index (χ2n) is 10.5. The molecule has 1 aromatic carbocycles. The van der Waals surface area contributed by atoms with E-state index in [2.05, 4.69) is 109 Å². The highest BCUT2D eigenvalue weighted by atomic mass is 127. The maximum atomic E-state index is 6.16. The number of nitrogens with one attached hydrogen (secondary N) is 1. The lowest BCUT2D eigenvalue weighted by Gasteiger charge is -2.49. The molecule has 0 radical (unpaired) electrons. The zero-order valence-corrected chi connectivity index (χ0v) is 23.0. The van der Waals surface area contributed by atoms with Crippen LogP contribution in [0.25, 0.3) is 22.3 Å². The van der Waals surface area contributed by atoms with Crippen molar-refractivity contribution in [1.82, 2.24) is 19.9 Å². The van der Waals surface area contributed by atoms with E-state index in [1.54, 1.807) is 0 Å². The minimum Gasteiger partial charge on any atom is -0.472 e. The summed E-state index contributed by atoms with van der Waals surface area (Å²) >= 11 is 2.34. The predicted octanol–water partition coefficient (Wildman–Crippen LogP) is 6.04. The number of pyridine rings is 1. The minimum absolute atomic E-state index is 0.0929. The van der Waals surface area contributed by atoms with Crippen molar-refractivity contribution in [2.45, 2.75) is 64.3 Å². The number of rotatable bonds is 4. The topological polar surface area (TPSA) is 55.2 Å². The molecule has 1 saturated heterocycles. The van der Waals surface area contributed by atoms with Gasteiger partial charge in [-0.3, -0.25) is 0 Å². The van der Waals surface area contributed by atoms with Crippen LogP contribution in [0.3, 0.4) is 0 Å². The molecular formula is C25H31IN5OP. The Morgan fingerprint density at radius 1 is 1.09 bits per heavy atom. The summed E-state index contributed by atoms with van der Waals surface area (Å²) in [6, 6.07) is 11.3. The average Bonchev–Trinajstić information content (AvgIpc) is 3.25. The molecule has 1 N–H and O–H groups in total. The smallest absolute Gasteiger partial charge is 0.223 e. The van der Waals surface area contributed by atoms with Gasteiger partial charge in [-0.05, 0) is 97.5 Å². The van der Waals surface area contributed by atoms with Gasteiger partial charge < -0.3 is 15.0 Å². The third kappa shape index (κ3) is 4.64. The van der Waals surface area contributed by atoms with Crippen molar-refractivity contribution in [3.05, 3.63) is 48.3 Å². The summed E-state index contributed by atoms with van der Waals surface area (Å²) in [5.41, 5.74) is 5.95. The Kier molecular flexibility index (Phi) is 5.94. The Morgan fingerprint density at radius 3 is 2.52 bits per heavy atom.